The van der Waals surface area contributed by atoms with Crippen molar-refractivity contribution >= 4 is 0 Å². The van der Waals surface area contributed by atoms with Gasteiger partial charge in [-0.1, -0.05) is 6.92 Å². The molecule has 0 saturated carbocycles. The third-order valence-corrected chi connectivity index (χ3v) is 3.51. The number of nitrogens with zero attached hydrogens (tertiary/aromatic N) is 2. The molecule has 3 nitrogen and oxygen atoms in total. The fraction of sp³-hybridized carbons (Fsp3) is 1.00. The second-order valence-corrected chi connectivity index (χ2v) is 5.75. The zero-order chi connectivity index (χ0) is 12.2. The van der Waals surface area contributed by atoms with Crippen molar-refractivity contribution in [1.29, 1.82) is 0 Å². The quantitative estimate of drug-likeness (QED) is 0.747. The topological polar surface area (TPSA) is 26.7 Å². The van der Waals surface area contributed by atoms with Crippen molar-refractivity contribution < 1.29 is 5.11 Å². The predicted octanol–water partition coefficient (Wildman–Crippen LogP) is 1.56. The van der Waals surface area contributed by atoms with Crippen molar-refractivity contribution in [2.45, 2.75) is 51.7 Å². The number of hydrogen-bond donors (Lipinski definition) is 1. The molecule has 1 N–H and O–H groups in total. The van der Waals surface area contributed by atoms with Crippen LogP contribution in [0.4, 0.5) is 0 Å². The molecule has 1 saturated heterocycles. The average Bonchev–Trinajstić information content (AvgIpc) is 2.57. The first kappa shape index (κ1) is 13.9. The molecule has 0 aromatic rings. The molecule has 0 aliphatic carbocycles. The SMILES string of the molecule is CCN(CCC1CCCN1C)CC(C)(C)O. The molecule has 0 aromatic heterocycles. The first-order valence-electron chi connectivity index (χ1n) is 6.57. The molecule has 0 aromatic carbocycles. The second-order valence-electron chi connectivity index (χ2n) is 5.75. The molecule has 1 atom stereocenters. The molecule has 1 rings (SSSR count). The summed E-state index contributed by atoms with van der Waals surface area (Å²) < 4.78 is 0. The standard InChI is InChI=1S/C13H28N2O/c1-5-15(11-13(2,3)16)10-8-12-7-6-9-14(12)4/h12,16H,5-11H2,1-4H3. The maximum atomic E-state index is 9.81. The van der Waals surface area contributed by atoms with Crippen LogP contribution in [0.3, 0.4) is 0 Å². The predicted molar refractivity (Wildman–Crippen MR) is 68.7 cm³/mol. The van der Waals surface area contributed by atoms with Crippen LogP contribution in [-0.4, -0.2) is 59.8 Å². The molecule has 96 valence electrons. The Kier molecular flexibility index (Phi) is 5.22. The summed E-state index contributed by atoms with van der Waals surface area (Å²) >= 11 is 0. The molecular weight excluding hydrogens is 200 g/mol. The van der Waals surface area contributed by atoms with E-state index in [0.717, 1.165) is 25.7 Å². The van der Waals surface area contributed by atoms with E-state index in [1.165, 1.54) is 25.8 Å². The minimum atomic E-state index is -0.572. The van der Waals surface area contributed by atoms with Crippen molar-refractivity contribution in [2.75, 3.05) is 33.2 Å². The van der Waals surface area contributed by atoms with Gasteiger partial charge in [-0.05, 0) is 59.8 Å². The van der Waals surface area contributed by atoms with Gasteiger partial charge < -0.3 is 14.9 Å². The molecule has 1 fully saturated rings. The Bertz CT molecular complexity index is 201. The van der Waals surface area contributed by atoms with Crippen LogP contribution in [0.2, 0.25) is 0 Å². The number of likely N-dealkylation sites (N-methyl/N-ethyl adjacent to an activating group) is 1. The maximum absolute atomic E-state index is 9.81. The lowest BCUT2D eigenvalue weighted by molar-refractivity contribution is 0.0357. The monoisotopic (exact) mass is 228 g/mol. The molecule has 1 heterocycles. The molecule has 0 amide bonds. The van der Waals surface area contributed by atoms with Crippen molar-refractivity contribution in [3.05, 3.63) is 0 Å². The number of likely N-dealkylation sites (tertiary alicyclic amines) is 1. The van der Waals surface area contributed by atoms with E-state index in [4.69, 9.17) is 0 Å². The van der Waals surface area contributed by atoms with Gasteiger partial charge >= 0.3 is 0 Å². The van der Waals surface area contributed by atoms with E-state index in [0.29, 0.717) is 0 Å². The Labute approximate surface area is 100 Å². The first-order chi connectivity index (χ1) is 7.42. The Balaban J connectivity index is 2.28. The zero-order valence-corrected chi connectivity index (χ0v) is 11.4. The van der Waals surface area contributed by atoms with E-state index in [9.17, 15) is 5.11 Å². The molecule has 0 spiro atoms. The molecule has 3 heteroatoms. The summed E-state index contributed by atoms with van der Waals surface area (Å²) in [6, 6.07) is 0.760. The lowest BCUT2D eigenvalue weighted by atomic mass is 10.1. The number of hydrogen-bond acceptors (Lipinski definition) is 3. The zero-order valence-electron chi connectivity index (χ0n) is 11.4. The van der Waals surface area contributed by atoms with Gasteiger partial charge in [-0.15, -0.1) is 0 Å². The normalized spacial score (nSPS) is 23.2. The number of rotatable bonds is 6. The summed E-state index contributed by atoms with van der Waals surface area (Å²) in [5.41, 5.74) is -0.572. The second kappa shape index (κ2) is 5.99. The van der Waals surface area contributed by atoms with Crippen LogP contribution in [0.25, 0.3) is 0 Å². The Morgan fingerprint density at radius 1 is 1.44 bits per heavy atom. The highest BCUT2D eigenvalue weighted by atomic mass is 16.3. The van der Waals surface area contributed by atoms with Crippen LogP contribution < -0.4 is 0 Å². The van der Waals surface area contributed by atoms with Crippen LogP contribution in [0.1, 0.15) is 40.0 Å². The van der Waals surface area contributed by atoms with Crippen LogP contribution >= 0.6 is 0 Å². The van der Waals surface area contributed by atoms with Crippen LogP contribution in [0.15, 0.2) is 0 Å². The lowest BCUT2D eigenvalue weighted by Gasteiger charge is -2.29. The fourth-order valence-corrected chi connectivity index (χ4v) is 2.57. The number of aliphatic hydroxyl groups is 1. The van der Waals surface area contributed by atoms with Crippen molar-refractivity contribution in [3.8, 4) is 0 Å². The van der Waals surface area contributed by atoms with Crippen LogP contribution in [-0.2, 0) is 0 Å². The third-order valence-electron chi connectivity index (χ3n) is 3.51. The molecule has 1 aliphatic heterocycles. The minimum Gasteiger partial charge on any atom is -0.389 e. The van der Waals surface area contributed by atoms with Gasteiger partial charge in [0.1, 0.15) is 0 Å². The summed E-state index contributed by atoms with van der Waals surface area (Å²) in [5.74, 6) is 0. The average molecular weight is 228 g/mol. The first-order valence-corrected chi connectivity index (χ1v) is 6.57. The fourth-order valence-electron chi connectivity index (χ4n) is 2.57. The minimum absolute atomic E-state index is 0.572. The summed E-state index contributed by atoms with van der Waals surface area (Å²) in [6.45, 7) is 10.1. The van der Waals surface area contributed by atoms with Crippen molar-refractivity contribution in [3.63, 3.8) is 0 Å². The highest BCUT2D eigenvalue weighted by Crippen LogP contribution is 2.18. The molecular formula is C13H28N2O. The van der Waals surface area contributed by atoms with Crippen LogP contribution in [0, 0.1) is 0 Å². The van der Waals surface area contributed by atoms with E-state index >= 15 is 0 Å². The van der Waals surface area contributed by atoms with Gasteiger partial charge in [0.05, 0.1) is 5.60 Å². The summed E-state index contributed by atoms with van der Waals surface area (Å²) in [4.78, 5) is 4.82. The largest absolute Gasteiger partial charge is 0.389 e. The summed E-state index contributed by atoms with van der Waals surface area (Å²) in [7, 11) is 2.23. The summed E-state index contributed by atoms with van der Waals surface area (Å²) in [5, 5.41) is 9.81. The van der Waals surface area contributed by atoms with Gasteiger partial charge in [-0.25, -0.2) is 0 Å². The van der Waals surface area contributed by atoms with E-state index in [1.807, 2.05) is 13.8 Å². The van der Waals surface area contributed by atoms with E-state index in [-0.39, 0.29) is 0 Å². The van der Waals surface area contributed by atoms with Gasteiger partial charge in [0.2, 0.25) is 0 Å². The van der Waals surface area contributed by atoms with E-state index < -0.39 is 5.60 Å². The highest BCUT2D eigenvalue weighted by molar-refractivity contribution is 4.79. The van der Waals surface area contributed by atoms with Gasteiger partial charge in [-0.2, -0.15) is 0 Å². The van der Waals surface area contributed by atoms with E-state index in [1.54, 1.807) is 0 Å². The van der Waals surface area contributed by atoms with Gasteiger partial charge in [0, 0.05) is 12.6 Å². The lowest BCUT2D eigenvalue weighted by Crippen LogP contribution is -2.40. The molecule has 1 aliphatic rings. The Morgan fingerprint density at radius 2 is 2.12 bits per heavy atom. The van der Waals surface area contributed by atoms with Crippen molar-refractivity contribution in [2.24, 2.45) is 0 Å². The van der Waals surface area contributed by atoms with E-state index in [2.05, 4.69) is 23.8 Å². The molecule has 1 unspecified atom stereocenters. The van der Waals surface area contributed by atoms with Crippen LogP contribution in [0.5, 0.6) is 0 Å². The molecule has 0 bridgehead atoms. The Morgan fingerprint density at radius 3 is 2.56 bits per heavy atom. The smallest absolute Gasteiger partial charge is 0.0718 e. The van der Waals surface area contributed by atoms with Gasteiger partial charge in [-0.3, -0.25) is 0 Å². The van der Waals surface area contributed by atoms with Gasteiger partial charge in [0.25, 0.3) is 0 Å². The van der Waals surface area contributed by atoms with Crippen molar-refractivity contribution in [1.82, 2.24) is 9.80 Å². The summed E-state index contributed by atoms with van der Waals surface area (Å²) in [6.07, 6.45) is 3.93. The molecule has 0 radical (unpaired) electrons. The maximum Gasteiger partial charge on any atom is 0.0718 e. The highest BCUT2D eigenvalue weighted by Gasteiger charge is 2.22. The Hall–Kier alpha value is -0.120. The van der Waals surface area contributed by atoms with Gasteiger partial charge in [0.15, 0.2) is 0 Å². The third kappa shape index (κ3) is 4.81. The molecule has 16 heavy (non-hydrogen) atoms.